The van der Waals surface area contributed by atoms with Crippen LogP contribution in [0, 0.1) is 0 Å². The van der Waals surface area contributed by atoms with Crippen molar-refractivity contribution in [3.63, 3.8) is 0 Å². The Hall–Kier alpha value is -1.67. The van der Waals surface area contributed by atoms with Crippen LogP contribution in [0.15, 0.2) is 24.3 Å². The molecule has 2 aromatic rings. The summed E-state index contributed by atoms with van der Waals surface area (Å²) < 4.78 is 42.3. The van der Waals surface area contributed by atoms with E-state index >= 15 is 0 Å². The number of aryl methyl sites for hydroxylation is 1. The lowest BCUT2D eigenvalue weighted by Crippen LogP contribution is -2.30. The number of benzene rings is 1. The SMILES string of the molecule is CCc1nsc(N2CCCN(Cc3ccc(C(F)(F)F)cc3)CC2)n1. The molecule has 0 spiro atoms. The highest BCUT2D eigenvalue weighted by Crippen LogP contribution is 2.29. The number of anilines is 1. The quantitative estimate of drug-likeness (QED) is 0.819. The van der Waals surface area contributed by atoms with E-state index in [9.17, 15) is 13.2 Å². The molecule has 2 heterocycles. The average molecular weight is 370 g/mol. The largest absolute Gasteiger partial charge is 0.416 e. The zero-order valence-electron chi connectivity index (χ0n) is 14.1. The van der Waals surface area contributed by atoms with Crippen molar-refractivity contribution < 1.29 is 13.2 Å². The van der Waals surface area contributed by atoms with Crippen molar-refractivity contribution >= 4 is 16.7 Å². The summed E-state index contributed by atoms with van der Waals surface area (Å²) in [6, 6.07) is 5.47. The molecule has 1 aliphatic heterocycles. The highest BCUT2D eigenvalue weighted by molar-refractivity contribution is 7.09. The number of hydrogen-bond donors (Lipinski definition) is 0. The molecular weight excluding hydrogens is 349 g/mol. The van der Waals surface area contributed by atoms with Gasteiger partial charge in [-0.25, -0.2) is 4.98 Å². The molecule has 0 atom stereocenters. The van der Waals surface area contributed by atoms with Crippen molar-refractivity contribution in [2.75, 3.05) is 31.1 Å². The predicted octanol–water partition coefficient (Wildman–Crippen LogP) is 3.83. The van der Waals surface area contributed by atoms with Gasteiger partial charge in [0, 0.05) is 50.7 Å². The van der Waals surface area contributed by atoms with Crippen LogP contribution in [-0.4, -0.2) is 40.4 Å². The van der Waals surface area contributed by atoms with Gasteiger partial charge in [0.05, 0.1) is 5.56 Å². The van der Waals surface area contributed by atoms with Gasteiger partial charge in [-0.2, -0.15) is 17.5 Å². The first-order chi connectivity index (χ1) is 12.0. The zero-order valence-corrected chi connectivity index (χ0v) is 14.9. The van der Waals surface area contributed by atoms with Gasteiger partial charge in [0.2, 0.25) is 5.13 Å². The van der Waals surface area contributed by atoms with E-state index in [1.54, 1.807) is 12.1 Å². The van der Waals surface area contributed by atoms with Gasteiger partial charge in [-0.15, -0.1) is 0 Å². The van der Waals surface area contributed by atoms with Crippen LogP contribution in [0.5, 0.6) is 0 Å². The van der Waals surface area contributed by atoms with Gasteiger partial charge in [0.15, 0.2) is 0 Å². The molecular formula is C17H21F3N4S. The highest BCUT2D eigenvalue weighted by Gasteiger charge is 2.30. The van der Waals surface area contributed by atoms with Crippen molar-refractivity contribution in [2.24, 2.45) is 0 Å². The van der Waals surface area contributed by atoms with Gasteiger partial charge in [-0.3, -0.25) is 4.90 Å². The van der Waals surface area contributed by atoms with Gasteiger partial charge in [-0.1, -0.05) is 19.1 Å². The fourth-order valence-corrected chi connectivity index (χ4v) is 3.70. The Balaban J connectivity index is 1.58. The van der Waals surface area contributed by atoms with Crippen LogP contribution in [0.2, 0.25) is 0 Å². The third kappa shape index (κ3) is 4.70. The second-order valence-electron chi connectivity index (χ2n) is 6.16. The number of nitrogens with zero attached hydrogens (tertiary/aromatic N) is 4. The average Bonchev–Trinajstić information content (AvgIpc) is 2.95. The fraction of sp³-hybridized carbons (Fsp3) is 0.529. The number of aromatic nitrogens is 2. The molecule has 4 nitrogen and oxygen atoms in total. The zero-order chi connectivity index (χ0) is 17.9. The molecule has 1 aliphatic rings. The molecule has 0 radical (unpaired) electrons. The predicted molar refractivity (Wildman–Crippen MR) is 92.8 cm³/mol. The van der Waals surface area contributed by atoms with E-state index in [0.717, 1.165) is 67.7 Å². The van der Waals surface area contributed by atoms with Gasteiger partial charge >= 0.3 is 6.18 Å². The van der Waals surface area contributed by atoms with Gasteiger partial charge in [0.25, 0.3) is 0 Å². The summed E-state index contributed by atoms with van der Waals surface area (Å²) in [5.41, 5.74) is 0.312. The van der Waals surface area contributed by atoms with E-state index < -0.39 is 11.7 Å². The summed E-state index contributed by atoms with van der Waals surface area (Å²) >= 11 is 1.44. The molecule has 1 saturated heterocycles. The molecule has 25 heavy (non-hydrogen) atoms. The van der Waals surface area contributed by atoms with Crippen LogP contribution in [0.3, 0.4) is 0 Å². The van der Waals surface area contributed by atoms with Crippen LogP contribution in [0.4, 0.5) is 18.3 Å². The summed E-state index contributed by atoms with van der Waals surface area (Å²) in [5, 5.41) is 0.966. The number of halogens is 3. The lowest BCUT2D eigenvalue weighted by Gasteiger charge is -2.21. The van der Waals surface area contributed by atoms with Crippen LogP contribution in [0.25, 0.3) is 0 Å². The molecule has 1 fully saturated rings. The molecule has 1 aromatic heterocycles. The lowest BCUT2D eigenvalue weighted by atomic mass is 10.1. The Morgan fingerprint density at radius 1 is 1.08 bits per heavy atom. The summed E-state index contributed by atoms with van der Waals surface area (Å²) in [7, 11) is 0. The maximum atomic E-state index is 12.6. The van der Waals surface area contributed by atoms with Crippen LogP contribution >= 0.6 is 11.5 Å². The summed E-state index contributed by atoms with van der Waals surface area (Å²) in [6.45, 7) is 6.29. The summed E-state index contributed by atoms with van der Waals surface area (Å²) in [6.07, 6.45) is -2.44. The molecule has 0 unspecified atom stereocenters. The third-order valence-corrected chi connectivity index (χ3v) is 5.13. The standard InChI is InChI=1S/C17H21F3N4S/c1-2-15-21-16(25-22-15)24-9-3-8-23(10-11-24)12-13-4-6-14(7-5-13)17(18,19)20/h4-7H,2-3,8-12H2,1H3. The van der Waals surface area contributed by atoms with Crippen LogP contribution in [0.1, 0.15) is 30.3 Å². The molecule has 1 aromatic carbocycles. The minimum absolute atomic E-state index is 0.596. The van der Waals surface area contributed by atoms with Gasteiger partial charge < -0.3 is 4.90 Å². The molecule has 0 amide bonds. The molecule has 136 valence electrons. The van der Waals surface area contributed by atoms with E-state index in [0.29, 0.717) is 6.54 Å². The maximum Gasteiger partial charge on any atom is 0.416 e. The van der Waals surface area contributed by atoms with E-state index in [1.807, 2.05) is 6.92 Å². The summed E-state index contributed by atoms with van der Waals surface area (Å²) in [4.78, 5) is 9.08. The molecule has 8 heteroatoms. The first-order valence-corrected chi connectivity index (χ1v) is 9.19. The molecule has 0 aliphatic carbocycles. The molecule has 0 saturated carbocycles. The minimum atomic E-state index is -4.28. The second-order valence-corrected chi connectivity index (χ2v) is 6.89. The molecule has 0 bridgehead atoms. The van der Waals surface area contributed by atoms with Gasteiger partial charge in [-0.05, 0) is 24.1 Å². The molecule has 3 rings (SSSR count). The van der Waals surface area contributed by atoms with Crippen molar-refractivity contribution in [3.8, 4) is 0 Å². The Morgan fingerprint density at radius 2 is 1.84 bits per heavy atom. The van der Waals surface area contributed by atoms with Crippen molar-refractivity contribution in [1.82, 2.24) is 14.3 Å². The second kappa shape index (κ2) is 7.70. The minimum Gasteiger partial charge on any atom is -0.346 e. The maximum absolute atomic E-state index is 12.6. The first kappa shape index (κ1) is 18.1. The van der Waals surface area contributed by atoms with Gasteiger partial charge in [0.1, 0.15) is 5.82 Å². The monoisotopic (exact) mass is 370 g/mol. The van der Waals surface area contributed by atoms with E-state index in [4.69, 9.17) is 0 Å². The summed E-state index contributed by atoms with van der Waals surface area (Å²) in [5.74, 6) is 0.880. The molecule has 0 N–H and O–H groups in total. The Bertz CT molecular complexity index is 684. The number of hydrogen-bond acceptors (Lipinski definition) is 5. The normalized spacial score (nSPS) is 16.9. The highest BCUT2D eigenvalue weighted by atomic mass is 32.1. The van der Waals surface area contributed by atoms with Crippen molar-refractivity contribution in [1.29, 1.82) is 0 Å². The van der Waals surface area contributed by atoms with E-state index in [2.05, 4.69) is 19.2 Å². The topological polar surface area (TPSA) is 32.3 Å². The van der Waals surface area contributed by atoms with E-state index in [-0.39, 0.29) is 0 Å². The van der Waals surface area contributed by atoms with Crippen LogP contribution < -0.4 is 4.90 Å². The lowest BCUT2D eigenvalue weighted by molar-refractivity contribution is -0.137. The van der Waals surface area contributed by atoms with Crippen molar-refractivity contribution in [2.45, 2.75) is 32.5 Å². The first-order valence-electron chi connectivity index (χ1n) is 8.41. The van der Waals surface area contributed by atoms with E-state index in [1.165, 1.54) is 11.5 Å². The Kier molecular flexibility index (Phi) is 5.58. The fourth-order valence-electron chi connectivity index (χ4n) is 2.89. The van der Waals surface area contributed by atoms with Crippen LogP contribution in [-0.2, 0) is 19.1 Å². The van der Waals surface area contributed by atoms with Crippen molar-refractivity contribution in [3.05, 3.63) is 41.2 Å². The smallest absolute Gasteiger partial charge is 0.346 e. The number of rotatable bonds is 4. The number of alkyl halides is 3. The Labute approximate surface area is 149 Å². The third-order valence-electron chi connectivity index (χ3n) is 4.32. The Morgan fingerprint density at radius 3 is 2.48 bits per heavy atom.